The standard InChI is InChI=1S/C23H23FN2O4/c24-14-6-3-5-13(11-14)21(28)19(27)12-23(25,22(29)30)20-15-7-1-2-9-17(15)26-18-10-4-8-16(18)20/h1-3,5-7,9,11,16,18,20,26H,4,8,10,12,25H2,(H,29,30). The number of fused-ring (bicyclic) bond motifs is 2. The Hall–Kier alpha value is -3.06. The summed E-state index contributed by atoms with van der Waals surface area (Å²) in [6.45, 7) is 0. The molecule has 1 fully saturated rings. The first-order valence-corrected chi connectivity index (χ1v) is 10.0. The molecule has 1 aliphatic carbocycles. The zero-order valence-electron chi connectivity index (χ0n) is 16.3. The third-order valence-corrected chi connectivity index (χ3v) is 6.38. The van der Waals surface area contributed by atoms with Gasteiger partial charge in [-0.2, -0.15) is 0 Å². The van der Waals surface area contributed by atoms with Crippen molar-refractivity contribution in [3.05, 3.63) is 65.5 Å². The zero-order chi connectivity index (χ0) is 21.5. The summed E-state index contributed by atoms with van der Waals surface area (Å²) < 4.78 is 13.5. The van der Waals surface area contributed by atoms with E-state index in [-0.39, 0.29) is 17.5 Å². The van der Waals surface area contributed by atoms with Crippen molar-refractivity contribution in [2.45, 2.75) is 43.2 Å². The van der Waals surface area contributed by atoms with Crippen molar-refractivity contribution in [1.82, 2.24) is 0 Å². The summed E-state index contributed by atoms with van der Waals surface area (Å²) in [5, 5.41) is 13.6. The molecule has 0 bridgehead atoms. The number of nitrogens with two attached hydrogens (primary N) is 1. The first-order valence-electron chi connectivity index (χ1n) is 10.0. The van der Waals surface area contributed by atoms with Crippen LogP contribution < -0.4 is 11.1 Å². The van der Waals surface area contributed by atoms with Crippen LogP contribution in [0.25, 0.3) is 0 Å². The number of Topliss-reactive ketones (excluding diaryl/α,β-unsaturated/α-hetero) is 2. The molecule has 4 rings (SSSR count). The van der Waals surface area contributed by atoms with Crippen molar-refractivity contribution in [3.8, 4) is 0 Å². The molecule has 4 N–H and O–H groups in total. The number of carbonyl (C=O) groups excluding carboxylic acids is 2. The van der Waals surface area contributed by atoms with Gasteiger partial charge in [-0.3, -0.25) is 14.4 Å². The minimum absolute atomic E-state index is 0.0573. The van der Waals surface area contributed by atoms with Gasteiger partial charge in [0.1, 0.15) is 11.4 Å². The normalized spacial score (nSPS) is 24.1. The van der Waals surface area contributed by atoms with Crippen molar-refractivity contribution >= 4 is 23.2 Å². The number of halogens is 1. The maximum absolute atomic E-state index is 13.5. The number of hydrogen-bond acceptors (Lipinski definition) is 5. The molecule has 0 aromatic heterocycles. The number of carboxylic acids is 1. The van der Waals surface area contributed by atoms with Crippen molar-refractivity contribution in [2.75, 3.05) is 5.32 Å². The van der Waals surface area contributed by atoms with Gasteiger partial charge in [0.25, 0.3) is 0 Å². The van der Waals surface area contributed by atoms with Crippen LogP contribution in [-0.2, 0) is 9.59 Å². The van der Waals surface area contributed by atoms with Crippen LogP contribution in [0.15, 0.2) is 48.5 Å². The van der Waals surface area contributed by atoms with Crippen molar-refractivity contribution < 1.29 is 23.9 Å². The van der Waals surface area contributed by atoms with Gasteiger partial charge >= 0.3 is 5.97 Å². The quantitative estimate of drug-likeness (QED) is 0.499. The largest absolute Gasteiger partial charge is 0.480 e. The fraction of sp³-hybridized carbons (Fsp3) is 0.348. The highest BCUT2D eigenvalue weighted by molar-refractivity contribution is 6.44. The maximum atomic E-state index is 13.5. The number of aliphatic carboxylic acids is 1. The van der Waals surface area contributed by atoms with Gasteiger partial charge in [0.15, 0.2) is 0 Å². The molecule has 0 spiro atoms. The van der Waals surface area contributed by atoms with Crippen LogP contribution in [0.3, 0.4) is 0 Å². The molecule has 2 aromatic carbocycles. The molecule has 7 heteroatoms. The van der Waals surface area contributed by atoms with E-state index in [9.17, 15) is 23.9 Å². The molecule has 30 heavy (non-hydrogen) atoms. The molecule has 0 radical (unpaired) electrons. The lowest BCUT2D eigenvalue weighted by atomic mass is 9.66. The van der Waals surface area contributed by atoms with E-state index in [0.717, 1.165) is 42.6 Å². The first kappa shape index (κ1) is 20.2. The van der Waals surface area contributed by atoms with E-state index in [0.29, 0.717) is 0 Å². The Balaban J connectivity index is 1.71. The molecule has 1 saturated carbocycles. The molecule has 1 heterocycles. The minimum Gasteiger partial charge on any atom is -0.480 e. The van der Waals surface area contributed by atoms with Gasteiger partial charge in [0.05, 0.1) is 0 Å². The zero-order valence-corrected chi connectivity index (χ0v) is 16.3. The molecule has 2 aromatic rings. The number of hydrogen-bond donors (Lipinski definition) is 3. The van der Waals surface area contributed by atoms with Crippen LogP contribution in [-0.4, -0.2) is 34.2 Å². The van der Waals surface area contributed by atoms with E-state index in [1.807, 2.05) is 24.3 Å². The van der Waals surface area contributed by atoms with Crippen LogP contribution in [0.5, 0.6) is 0 Å². The fourth-order valence-corrected chi connectivity index (χ4v) is 5.01. The summed E-state index contributed by atoms with van der Waals surface area (Å²) in [5.41, 5.74) is 5.95. The van der Waals surface area contributed by atoms with E-state index in [2.05, 4.69) is 5.32 Å². The third-order valence-electron chi connectivity index (χ3n) is 6.38. The second-order valence-electron chi connectivity index (χ2n) is 8.20. The number of para-hydroxylation sites is 1. The lowest BCUT2D eigenvalue weighted by Crippen LogP contribution is -2.59. The van der Waals surface area contributed by atoms with E-state index < -0.39 is 41.2 Å². The van der Waals surface area contributed by atoms with Crippen LogP contribution in [0.4, 0.5) is 10.1 Å². The number of rotatable bonds is 6. The lowest BCUT2D eigenvalue weighted by Gasteiger charge is -2.44. The summed E-state index contributed by atoms with van der Waals surface area (Å²) in [6, 6.07) is 12.2. The number of carboxylic acid groups (broad SMARTS) is 1. The van der Waals surface area contributed by atoms with E-state index in [1.165, 1.54) is 12.1 Å². The number of ketones is 2. The van der Waals surface area contributed by atoms with Gasteiger partial charge in [-0.1, -0.05) is 36.8 Å². The molecule has 4 atom stereocenters. The maximum Gasteiger partial charge on any atom is 0.324 e. The van der Waals surface area contributed by atoms with Gasteiger partial charge in [0, 0.05) is 29.6 Å². The Bertz CT molecular complexity index is 1020. The Morgan fingerprint density at radius 2 is 1.90 bits per heavy atom. The predicted octanol–water partition coefficient (Wildman–Crippen LogP) is 3.13. The van der Waals surface area contributed by atoms with Crippen molar-refractivity contribution in [2.24, 2.45) is 11.7 Å². The van der Waals surface area contributed by atoms with Crippen LogP contribution in [0.2, 0.25) is 0 Å². The highest BCUT2D eigenvalue weighted by Crippen LogP contribution is 2.50. The van der Waals surface area contributed by atoms with E-state index >= 15 is 0 Å². The minimum atomic E-state index is -1.95. The Labute approximate surface area is 173 Å². The topological polar surface area (TPSA) is 109 Å². The summed E-state index contributed by atoms with van der Waals surface area (Å²) in [4.78, 5) is 37.8. The molecule has 0 saturated heterocycles. The summed E-state index contributed by atoms with van der Waals surface area (Å²) in [5.74, 6) is -4.52. The molecule has 2 aliphatic rings. The third kappa shape index (κ3) is 3.39. The Morgan fingerprint density at radius 3 is 2.63 bits per heavy atom. The van der Waals surface area contributed by atoms with Crippen molar-refractivity contribution in [1.29, 1.82) is 0 Å². The second kappa shape index (κ2) is 7.65. The Kier molecular flexibility index (Phi) is 5.15. The average molecular weight is 410 g/mol. The van der Waals surface area contributed by atoms with Crippen LogP contribution in [0.1, 0.15) is 47.5 Å². The van der Waals surface area contributed by atoms with Crippen molar-refractivity contribution in [3.63, 3.8) is 0 Å². The average Bonchev–Trinajstić information content (AvgIpc) is 3.18. The van der Waals surface area contributed by atoms with Gasteiger partial charge in [0.2, 0.25) is 11.6 Å². The fourth-order valence-electron chi connectivity index (χ4n) is 5.01. The Morgan fingerprint density at radius 1 is 1.13 bits per heavy atom. The monoisotopic (exact) mass is 410 g/mol. The number of nitrogens with one attached hydrogen (secondary N) is 1. The van der Waals surface area contributed by atoms with E-state index in [1.54, 1.807) is 0 Å². The van der Waals surface area contributed by atoms with Crippen LogP contribution in [0, 0.1) is 11.7 Å². The van der Waals surface area contributed by atoms with Gasteiger partial charge in [-0.05, 0) is 42.5 Å². The first-order chi connectivity index (χ1) is 14.3. The number of anilines is 1. The number of benzene rings is 2. The molecule has 0 amide bonds. The molecule has 1 aliphatic heterocycles. The number of carbonyl (C=O) groups is 3. The predicted molar refractivity (Wildman–Crippen MR) is 109 cm³/mol. The van der Waals surface area contributed by atoms with Gasteiger partial charge < -0.3 is 16.2 Å². The van der Waals surface area contributed by atoms with Gasteiger partial charge in [-0.25, -0.2) is 4.39 Å². The molecule has 4 unspecified atom stereocenters. The summed E-state index contributed by atoms with van der Waals surface area (Å²) in [6.07, 6.45) is 1.95. The molecular formula is C23H23FN2O4. The van der Waals surface area contributed by atoms with Crippen LogP contribution >= 0.6 is 0 Å². The lowest BCUT2D eigenvalue weighted by molar-refractivity contribution is -0.146. The van der Waals surface area contributed by atoms with E-state index in [4.69, 9.17) is 5.73 Å². The smallest absolute Gasteiger partial charge is 0.324 e. The highest BCUT2D eigenvalue weighted by atomic mass is 19.1. The molecule has 6 nitrogen and oxygen atoms in total. The molecular weight excluding hydrogens is 387 g/mol. The summed E-state index contributed by atoms with van der Waals surface area (Å²) in [7, 11) is 0. The second-order valence-corrected chi connectivity index (χ2v) is 8.20. The highest BCUT2D eigenvalue weighted by Gasteiger charge is 2.53. The molecule has 156 valence electrons. The summed E-state index contributed by atoms with van der Waals surface area (Å²) >= 11 is 0. The van der Waals surface area contributed by atoms with Gasteiger partial charge in [-0.15, -0.1) is 0 Å². The SMILES string of the molecule is NC(CC(=O)C(=O)c1cccc(F)c1)(C(=O)O)C1c2ccccc2NC2CCCC21.